The fourth-order valence-electron chi connectivity index (χ4n) is 5.50. The highest BCUT2D eigenvalue weighted by Crippen LogP contribution is 2.30. The summed E-state index contributed by atoms with van der Waals surface area (Å²) in [6, 6.07) is 35.2. The SMILES string of the molecule is CC[C@H](C)NC(=O)[C@H](Cc1ccccc1)N(Cc1ccc(Cl)cc1Cl)C(=O)CN(c1ccc(Oc2ccccc2)cc1)S(=O)(=O)c1ccc(C)cc1. The van der Waals surface area contributed by atoms with Crippen molar-refractivity contribution in [1.82, 2.24) is 10.2 Å². The molecule has 0 spiro atoms. The van der Waals surface area contributed by atoms with Crippen molar-refractivity contribution >= 4 is 50.7 Å². The Morgan fingerprint density at radius 3 is 2.04 bits per heavy atom. The molecule has 1 N–H and O–H groups in total. The predicted octanol–water partition coefficient (Wildman–Crippen LogP) is 8.84. The van der Waals surface area contributed by atoms with Crippen LogP contribution in [-0.4, -0.2) is 43.8 Å². The van der Waals surface area contributed by atoms with E-state index in [-0.39, 0.29) is 35.5 Å². The third-order valence-corrected chi connectivity index (χ3v) is 11.0. The number of amides is 2. The highest BCUT2D eigenvalue weighted by molar-refractivity contribution is 7.92. The maximum absolute atomic E-state index is 14.8. The number of hydrogen-bond donors (Lipinski definition) is 1. The van der Waals surface area contributed by atoms with Gasteiger partial charge in [-0.3, -0.25) is 13.9 Å². The van der Waals surface area contributed by atoms with Crippen LogP contribution < -0.4 is 14.4 Å². The second kappa shape index (κ2) is 17.6. The van der Waals surface area contributed by atoms with Crippen LogP contribution in [-0.2, 0) is 32.6 Å². The van der Waals surface area contributed by atoms with E-state index in [1.54, 1.807) is 54.6 Å². The van der Waals surface area contributed by atoms with E-state index >= 15 is 0 Å². The number of nitrogens with zero attached hydrogens (tertiary/aromatic N) is 2. The molecule has 5 aromatic carbocycles. The zero-order valence-corrected chi connectivity index (χ0v) is 31.5. The Kier molecular flexibility index (Phi) is 13.0. The van der Waals surface area contributed by atoms with Crippen molar-refractivity contribution in [2.24, 2.45) is 0 Å². The minimum absolute atomic E-state index is 0.0122. The summed E-state index contributed by atoms with van der Waals surface area (Å²) in [5.74, 6) is 0.127. The first kappa shape index (κ1) is 38.4. The molecule has 0 aliphatic rings. The maximum atomic E-state index is 14.8. The molecular weight excluding hydrogens is 717 g/mol. The zero-order chi connectivity index (χ0) is 37.3. The number of ether oxygens (including phenoxy) is 1. The molecular formula is C41H41Cl2N3O5S. The molecule has 2 amide bonds. The number of hydrogen-bond acceptors (Lipinski definition) is 5. The van der Waals surface area contributed by atoms with Crippen molar-refractivity contribution in [3.63, 3.8) is 0 Å². The number of carbonyl (C=O) groups excluding carboxylic acids is 2. The maximum Gasteiger partial charge on any atom is 0.264 e. The van der Waals surface area contributed by atoms with E-state index in [2.05, 4.69) is 5.32 Å². The van der Waals surface area contributed by atoms with Gasteiger partial charge in [0, 0.05) is 29.1 Å². The van der Waals surface area contributed by atoms with Crippen LogP contribution in [0.5, 0.6) is 11.5 Å². The summed E-state index contributed by atoms with van der Waals surface area (Å²) in [5, 5.41) is 3.76. The number of rotatable bonds is 15. The number of nitrogens with one attached hydrogen (secondary N) is 1. The van der Waals surface area contributed by atoms with E-state index in [4.69, 9.17) is 27.9 Å². The molecule has 52 heavy (non-hydrogen) atoms. The molecule has 5 rings (SSSR count). The minimum atomic E-state index is -4.28. The van der Waals surface area contributed by atoms with Gasteiger partial charge in [0.05, 0.1) is 10.6 Å². The topological polar surface area (TPSA) is 96.0 Å². The number of aryl methyl sites for hydroxylation is 1. The van der Waals surface area contributed by atoms with Gasteiger partial charge in [-0.25, -0.2) is 8.42 Å². The van der Waals surface area contributed by atoms with Crippen LogP contribution in [0.15, 0.2) is 132 Å². The van der Waals surface area contributed by atoms with E-state index < -0.39 is 28.5 Å². The summed E-state index contributed by atoms with van der Waals surface area (Å²) in [6.07, 6.45) is 0.851. The van der Waals surface area contributed by atoms with Crippen LogP contribution in [0.2, 0.25) is 10.0 Å². The quantitative estimate of drug-likeness (QED) is 0.115. The van der Waals surface area contributed by atoms with Crippen molar-refractivity contribution in [2.45, 2.75) is 57.1 Å². The third-order valence-electron chi connectivity index (χ3n) is 8.62. The van der Waals surface area contributed by atoms with Gasteiger partial charge in [0.2, 0.25) is 11.8 Å². The lowest BCUT2D eigenvalue weighted by atomic mass is 10.0. The van der Waals surface area contributed by atoms with Gasteiger partial charge in [0.15, 0.2) is 0 Å². The fraction of sp³-hybridized carbons (Fsp3) is 0.220. The van der Waals surface area contributed by atoms with Crippen LogP contribution >= 0.6 is 23.2 Å². The lowest BCUT2D eigenvalue weighted by Crippen LogP contribution is -2.54. The number of benzene rings is 5. The molecule has 0 radical (unpaired) electrons. The largest absolute Gasteiger partial charge is 0.457 e. The van der Waals surface area contributed by atoms with Crippen LogP contribution in [0.25, 0.3) is 0 Å². The summed E-state index contributed by atoms with van der Waals surface area (Å²) in [4.78, 5) is 30.3. The summed E-state index contributed by atoms with van der Waals surface area (Å²) in [6.45, 7) is 5.02. The van der Waals surface area contributed by atoms with Crippen LogP contribution in [0, 0.1) is 6.92 Å². The number of sulfonamides is 1. The summed E-state index contributed by atoms with van der Waals surface area (Å²) in [7, 11) is -4.28. The molecule has 5 aromatic rings. The van der Waals surface area contributed by atoms with E-state index in [1.807, 2.05) is 81.4 Å². The summed E-state index contributed by atoms with van der Waals surface area (Å²) < 4.78 is 35.8. The fourth-order valence-corrected chi connectivity index (χ4v) is 7.38. The molecule has 11 heteroatoms. The second-order valence-corrected chi connectivity index (χ2v) is 15.2. The Bertz CT molecular complexity index is 2060. The van der Waals surface area contributed by atoms with E-state index in [1.165, 1.54) is 17.0 Å². The van der Waals surface area contributed by atoms with E-state index in [0.29, 0.717) is 33.5 Å². The zero-order valence-electron chi connectivity index (χ0n) is 29.2. The molecule has 0 aliphatic heterocycles. The van der Waals surface area contributed by atoms with Crippen LogP contribution in [0.4, 0.5) is 5.69 Å². The lowest BCUT2D eigenvalue weighted by molar-refractivity contribution is -0.140. The van der Waals surface area contributed by atoms with Gasteiger partial charge in [-0.15, -0.1) is 0 Å². The van der Waals surface area contributed by atoms with Crippen LogP contribution in [0.3, 0.4) is 0 Å². The Morgan fingerprint density at radius 2 is 1.42 bits per heavy atom. The monoisotopic (exact) mass is 757 g/mol. The Morgan fingerprint density at radius 1 is 0.808 bits per heavy atom. The molecule has 0 fully saturated rings. The molecule has 0 heterocycles. The van der Waals surface area contributed by atoms with E-state index in [9.17, 15) is 18.0 Å². The van der Waals surface area contributed by atoms with Gasteiger partial charge >= 0.3 is 0 Å². The molecule has 2 atom stereocenters. The minimum Gasteiger partial charge on any atom is -0.457 e. The molecule has 0 unspecified atom stereocenters. The van der Waals surface area contributed by atoms with Crippen LogP contribution in [0.1, 0.15) is 37.0 Å². The molecule has 0 aromatic heterocycles. The molecule has 0 saturated carbocycles. The van der Waals surface area contributed by atoms with Crippen molar-refractivity contribution in [1.29, 1.82) is 0 Å². The standard InChI is InChI=1S/C41H41Cl2N3O5S/c1-4-30(3)44-41(48)39(25-31-11-7-5-8-12-31)45(27-32-17-18-33(42)26-38(32)43)40(47)28-46(52(49,50)37-23-15-29(2)16-24-37)34-19-21-36(22-20-34)51-35-13-9-6-10-14-35/h5-24,26,30,39H,4,25,27-28H2,1-3H3,(H,44,48)/t30-,39-/m0/s1. The average molecular weight is 759 g/mol. The average Bonchev–Trinajstić information content (AvgIpc) is 3.14. The van der Waals surface area contributed by atoms with Crippen molar-refractivity contribution in [2.75, 3.05) is 10.8 Å². The number of halogens is 2. The first-order chi connectivity index (χ1) is 24.9. The predicted molar refractivity (Wildman–Crippen MR) is 208 cm³/mol. The Balaban J connectivity index is 1.58. The molecule has 0 bridgehead atoms. The number of carbonyl (C=O) groups is 2. The first-order valence-electron chi connectivity index (χ1n) is 16.9. The lowest BCUT2D eigenvalue weighted by Gasteiger charge is -2.34. The summed E-state index contributed by atoms with van der Waals surface area (Å²) >= 11 is 12.8. The van der Waals surface area contributed by atoms with Crippen molar-refractivity contribution < 1.29 is 22.7 Å². The normalized spacial score (nSPS) is 12.4. The van der Waals surface area contributed by atoms with Crippen molar-refractivity contribution in [3.05, 3.63) is 154 Å². The van der Waals surface area contributed by atoms with Gasteiger partial charge in [-0.05, 0) is 92.1 Å². The Hall–Kier alpha value is -4.83. The van der Waals surface area contributed by atoms with Gasteiger partial charge in [0.25, 0.3) is 10.0 Å². The second-order valence-electron chi connectivity index (χ2n) is 12.5. The molecule has 0 saturated heterocycles. The highest BCUT2D eigenvalue weighted by Gasteiger charge is 2.35. The van der Waals surface area contributed by atoms with Crippen molar-refractivity contribution in [3.8, 4) is 11.5 Å². The van der Waals surface area contributed by atoms with E-state index in [0.717, 1.165) is 15.4 Å². The van der Waals surface area contributed by atoms with Gasteiger partial charge in [0.1, 0.15) is 24.1 Å². The van der Waals surface area contributed by atoms with Gasteiger partial charge in [-0.2, -0.15) is 0 Å². The highest BCUT2D eigenvalue weighted by atomic mass is 35.5. The number of anilines is 1. The first-order valence-corrected chi connectivity index (χ1v) is 19.1. The van der Waals surface area contributed by atoms with Gasteiger partial charge in [-0.1, -0.05) is 102 Å². The third kappa shape index (κ3) is 9.94. The Labute approximate surface area is 316 Å². The molecule has 270 valence electrons. The smallest absolute Gasteiger partial charge is 0.264 e. The van der Waals surface area contributed by atoms with Gasteiger partial charge < -0.3 is 15.0 Å². The molecule has 0 aliphatic carbocycles. The number of para-hydroxylation sites is 1. The summed E-state index contributed by atoms with van der Waals surface area (Å²) in [5.41, 5.74) is 2.49. The molecule has 8 nitrogen and oxygen atoms in total.